The number of methoxy groups -OCH3 is 1. The van der Waals surface area contributed by atoms with Gasteiger partial charge in [-0.2, -0.15) is 0 Å². The summed E-state index contributed by atoms with van der Waals surface area (Å²) in [7, 11) is 1.56. The molecular formula is C23H18Cl2N4O2S. The van der Waals surface area contributed by atoms with Gasteiger partial charge in [0.2, 0.25) is 5.91 Å². The fourth-order valence-corrected chi connectivity index (χ4v) is 4.17. The maximum Gasteiger partial charge on any atom is 0.234 e. The van der Waals surface area contributed by atoms with E-state index in [9.17, 15) is 4.79 Å². The molecule has 0 aliphatic heterocycles. The summed E-state index contributed by atoms with van der Waals surface area (Å²) in [4.78, 5) is 12.6. The average Bonchev–Trinajstić information content (AvgIpc) is 3.22. The van der Waals surface area contributed by atoms with Crippen molar-refractivity contribution < 1.29 is 9.53 Å². The third-order valence-electron chi connectivity index (χ3n) is 4.55. The fraction of sp³-hybridized carbons (Fsp3) is 0.0870. The Bertz CT molecular complexity index is 1240. The minimum absolute atomic E-state index is 0.131. The molecule has 4 aromatic rings. The standard InChI is InChI=1S/C23H18Cl2N4O2S/c1-31-20-9-5-4-8-19(20)26-21(30)14-32-23-28-27-22(17-6-2-3-7-18(17)25)29(23)16-12-10-15(24)11-13-16/h2-13H,14H2,1H3,(H,26,30). The van der Waals surface area contributed by atoms with Crippen molar-refractivity contribution >= 4 is 46.6 Å². The van der Waals surface area contributed by atoms with Crippen LogP contribution in [0.5, 0.6) is 5.75 Å². The first-order chi connectivity index (χ1) is 15.6. The highest BCUT2D eigenvalue weighted by Gasteiger charge is 2.19. The van der Waals surface area contributed by atoms with Gasteiger partial charge in [-0.25, -0.2) is 0 Å². The predicted octanol–water partition coefficient (Wildman–Crippen LogP) is 5.98. The second-order valence-corrected chi connectivity index (χ2v) is 8.42. The van der Waals surface area contributed by atoms with Gasteiger partial charge in [-0.3, -0.25) is 9.36 Å². The first-order valence-corrected chi connectivity index (χ1v) is 11.3. The topological polar surface area (TPSA) is 69.0 Å². The normalized spacial score (nSPS) is 10.7. The van der Waals surface area contributed by atoms with E-state index in [2.05, 4.69) is 15.5 Å². The zero-order chi connectivity index (χ0) is 22.5. The van der Waals surface area contributed by atoms with Gasteiger partial charge in [-0.05, 0) is 48.5 Å². The number of halogens is 2. The molecule has 0 saturated carbocycles. The van der Waals surface area contributed by atoms with E-state index in [1.54, 1.807) is 37.4 Å². The summed E-state index contributed by atoms with van der Waals surface area (Å²) in [6.45, 7) is 0. The number of hydrogen-bond acceptors (Lipinski definition) is 5. The number of rotatable bonds is 7. The van der Waals surface area contributed by atoms with E-state index in [1.165, 1.54) is 11.8 Å². The Morgan fingerprint density at radius 3 is 2.47 bits per heavy atom. The second kappa shape index (κ2) is 10.1. The van der Waals surface area contributed by atoms with Crippen molar-refractivity contribution in [1.82, 2.24) is 14.8 Å². The zero-order valence-electron chi connectivity index (χ0n) is 17.0. The van der Waals surface area contributed by atoms with Crippen LogP contribution >= 0.6 is 35.0 Å². The van der Waals surface area contributed by atoms with Crippen LogP contribution in [0, 0.1) is 0 Å². The van der Waals surface area contributed by atoms with Crippen LogP contribution < -0.4 is 10.1 Å². The third-order valence-corrected chi connectivity index (χ3v) is 6.06. The highest BCUT2D eigenvalue weighted by atomic mass is 35.5. The molecule has 4 rings (SSSR count). The van der Waals surface area contributed by atoms with E-state index in [0.29, 0.717) is 32.5 Å². The number of benzene rings is 3. The van der Waals surface area contributed by atoms with Gasteiger partial charge in [0.05, 0.1) is 23.6 Å². The van der Waals surface area contributed by atoms with E-state index in [1.807, 2.05) is 47.0 Å². The molecule has 3 aromatic carbocycles. The molecule has 1 amide bonds. The van der Waals surface area contributed by atoms with Crippen LogP contribution in [0.3, 0.4) is 0 Å². The smallest absolute Gasteiger partial charge is 0.234 e. The van der Waals surface area contributed by atoms with Gasteiger partial charge < -0.3 is 10.1 Å². The molecule has 0 saturated heterocycles. The van der Waals surface area contributed by atoms with Crippen molar-refractivity contribution in [3.05, 3.63) is 82.8 Å². The van der Waals surface area contributed by atoms with Crippen molar-refractivity contribution in [3.63, 3.8) is 0 Å². The second-order valence-electron chi connectivity index (χ2n) is 6.63. The quantitative estimate of drug-likeness (QED) is 0.326. The number of anilines is 1. The Morgan fingerprint density at radius 2 is 1.72 bits per heavy atom. The summed E-state index contributed by atoms with van der Waals surface area (Å²) in [5.41, 5.74) is 2.15. The minimum Gasteiger partial charge on any atom is -0.495 e. The fourth-order valence-electron chi connectivity index (χ4n) is 3.07. The van der Waals surface area contributed by atoms with Crippen LogP contribution in [0.2, 0.25) is 10.0 Å². The van der Waals surface area contributed by atoms with Crippen LogP contribution in [-0.2, 0) is 4.79 Å². The molecule has 9 heteroatoms. The van der Waals surface area contributed by atoms with Gasteiger partial charge in [0.15, 0.2) is 11.0 Å². The molecule has 0 atom stereocenters. The van der Waals surface area contributed by atoms with Crippen LogP contribution in [0.25, 0.3) is 17.1 Å². The van der Waals surface area contributed by atoms with E-state index >= 15 is 0 Å². The van der Waals surface area contributed by atoms with Crippen LogP contribution in [0.15, 0.2) is 78.0 Å². The molecule has 1 N–H and O–H groups in total. The van der Waals surface area contributed by atoms with Crippen molar-refractivity contribution in [2.24, 2.45) is 0 Å². The molecule has 0 fully saturated rings. The molecule has 6 nitrogen and oxygen atoms in total. The van der Waals surface area contributed by atoms with Gasteiger partial charge in [0.1, 0.15) is 5.75 Å². The largest absolute Gasteiger partial charge is 0.495 e. The monoisotopic (exact) mass is 484 g/mol. The van der Waals surface area contributed by atoms with Crippen LogP contribution in [0.1, 0.15) is 0 Å². The molecule has 0 unspecified atom stereocenters. The molecule has 0 bridgehead atoms. The minimum atomic E-state index is -0.190. The van der Waals surface area contributed by atoms with Crippen LogP contribution in [0.4, 0.5) is 5.69 Å². The summed E-state index contributed by atoms with van der Waals surface area (Å²) in [5.74, 6) is 1.11. The highest BCUT2D eigenvalue weighted by molar-refractivity contribution is 7.99. The predicted molar refractivity (Wildman–Crippen MR) is 129 cm³/mol. The third kappa shape index (κ3) is 4.91. The maximum atomic E-state index is 12.6. The molecule has 0 aliphatic rings. The molecule has 0 radical (unpaired) electrons. The average molecular weight is 485 g/mol. The lowest BCUT2D eigenvalue weighted by Crippen LogP contribution is -2.15. The molecule has 1 heterocycles. The Balaban J connectivity index is 1.62. The Hall–Kier alpha value is -3.00. The number of hydrogen-bond donors (Lipinski definition) is 1. The van der Waals surface area contributed by atoms with Crippen molar-refractivity contribution in [1.29, 1.82) is 0 Å². The molecular weight excluding hydrogens is 467 g/mol. The number of para-hydroxylation sites is 2. The maximum absolute atomic E-state index is 12.6. The summed E-state index contributed by atoms with van der Waals surface area (Å²) < 4.78 is 7.15. The summed E-state index contributed by atoms with van der Waals surface area (Å²) >= 11 is 13.8. The van der Waals surface area contributed by atoms with Gasteiger partial charge in [0.25, 0.3) is 0 Å². The Labute approximate surface area is 199 Å². The number of nitrogens with one attached hydrogen (secondary N) is 1. The van der Waals surface area contributed by atoms with Gasteiger partial charge in [-0.1, -0.05) is 59.2 Å². The van der Waals surface area contributed by atoms with Crippen LogP contribution in [-0.4, -0.2) is 33.5 Å². The Kier molecular flexibility index (Phi) is 6.99. The van der Waals surface area contributed by atoms with Crippen molar-refractivity contribution in [2.45, 2.75) is 5.16 Å². The number of nitrogens with zero attached hydrogens (tertiary/aromatic N) is 3. The van der Waals surface area contributed by atoms with Crippen molar-refractivity contribution in [3.8, 4) is 22.8 Å². The van der Waals surface area contributed by atoms with E-state index < -0.39 is 0 Å². The molecule has 32 heavy (non-hydrogen) atoms. The van der Waals surface area contributed by atoms with Gasteiger partial charge in [0, 0.05) is 16.3 Å². The number of carbonyl (C=O) groups excluding carboxylic acids is 1. The summed E-state index contributed by atoms with van der Waals surface area (Å²) in [6.07, 6.45) is 0. The lowest BCUT2D eigenvalue weighted by molar-refractivity contribution is -0.113. The molecule has 162 valence electrons. The number of ether oxygens (including phenoxy) is 1. The lowest BCUT2D eigenvalue weighted by Gasteiger charge is -2.12. The first-order valence-electron chi connectivity index (χ1n) is 9.58. The lowest BCUT2D eigenvalue weighted by atomic mass is 10.2. The SMILES string of the molecule is COc1ccccc1NC(=O)CSc1nnc(-c2ccccc2Cl)n1-c1ccc(Cl)cc1. The van der Waals surface area contributed by atoms with E-state index in [0.717, 1.165) is 11.3 Å². The Morgan fingerprint density at radius 1 is 1.00 bits per heavy atom. The number of amides is 1. The first kappa shape index (κ1) is 22.2. The summed E-state index contributed by atoms with van der Waals surface area (Å²) in [5, 5.41) is 13.3. The molecule has 0 aliphatic carbocycles. The highest BCUT2D eigenvalue weighted by Crippen LogP contribution is 2.32. The van der Waals surface area contributed by atoms with Crippen molar-refractivity contribution in [2.75, 3.05) is 18.2 Å². The van der Waals surface area contributed by atoms with Gasteiger partial charge in [-0.15, -0.1) is 10.2 Å². The number of aromatic nitrogens is 3. The molecule has 0 spiro atoms. The van der Waals surface area contributed by atoms with E-state index in [4.69, 9.17) is 27.9 Å². The van der Waals surface area contributed by atoms with E-state index in [-0.39, 0.29) is 11.7 Å². The van der Waals surface area contributed by atoms with Gasteiger partial charge >= 0.3 is 0 Å². The zero-order valence-corrected chi connectivity index (χ0v) is 19.3. The molecule has 1 aromatic heterocycles. The number of carbonyl (C=O) groups is 1. The summed E-state index contributed by atoms with van der Waals surface area (Å²) in [6, 6.07) is 22.0. The number of thioether (sulfide) groups is 1.